The quantitative estimate of drug-likeness (QED) is 0.673. The van der Waals surface area contributed by atoms with Crippen molar-refractivity contribution in [3.63, 3.8) is 0 Å². The first-order chi connectivity index (χ1) is 12.6. The van der Waals surface area contributed by atoms with E-state index < -0.39 is 0 Å². The molecule has 5 nitrogen and oxygen atoms in total. The Labute approximate surface area is 157 Å². The van der Waals surface area contributed by atoms with Crippen LogP contribution in [0.25, 0.3) is 11.0 Å². The number of hydrogen-bond acceptors (Lipinski definition) is 2. The molecule has 1 saturated heterocycles. The summed E-state index contributed by atoms with van der Waals surface area (Å²) in [5.41, 5.74) is 4.03. The van der Waals surface area contributed by atoms with Crippen molar-refractivity contribution in [3.8, 4) is 0 Å². The van der Waals surface area contributed by atoms with Crippen LogP contribution >= 0.6 is 11.6 Å². The Morgan fingerprint density at radius 1 is 1.23 bits per heavy atom. The van der Waals surface area contributed by atoms with Crippen molar-refractivity contribution in [3.05, 3.63) is 58.9 Å². The van der Waals surface area contributed by atoms with Crippen molar-refractivity contribution in [2.45, 2.75) is 25.7 Å². The fourth-order valence-corrected chi connectivity index (χ4v) is 3.65. The van der Waals surface area contributed by atoms with Gasteiger partial charge in [0.25, 0.3) is 0 Å². The number of aromatic amines is 1. The molecule has 6 heteroatoms. The van der Waals surface area contributed by atoms with E-state index in [-0.39, 0.29) is 6.03 Å². The normalized spacial score (nSPS) is 15.4. The molecule has 2 N–H and O–H groups in total. The minimum absolute atomic E-state index is 0.0778. The molecular weight excluding hydrogens is 348 g/mol. The number of nitrogens with zero attached hydrogens (tertiary/aromatic N) is 2. The number of piperidine rings is 1. The topological polar surface area (TPSA) is 61.0 Å². The first-order valence-corrected chi connectivity index (χ1v) is 9.24. The average molecular weight is 369 g/mol. The summed E-state index contributed by atoms with van der Waals surface area (Å²) in [7, 11) is 0. The molecule has 1 aromatic heterocycles. The van der Waals surface area contributed by atoms with E-state index in [9.17, 15) is 4.79 Å². The van der Waals surface area contributed by atoms with Crippen molar-refractivity contribution in [2.75, 3.05) is 18.4 Å². The van der Waals surface area contributed by atoms with E-state index in [1.54, 1.807) is 12.1 Å². The first kappa shape index (κ1) is 16.9. The minimum Gasteiger partial charge on any atom is -0.342 e. The maximum atomic E-state index is 12.4. The average Bonchev–Trinajstić information content (AvgIpc) is 3.05. The predicted octanol–water partition coefficient (Wildman–Crippen LogP) is 4.94. The van der Waals surface area contributed by atoms with Crippen LogP contribution in [-0.2, 0) is 0 Å². The molecule has 2 amide bonds. The van der Waals surface area contributed by atoms with Gasteiger partial charge in [0.05, 0.1) is 11.0 Å². The second kappa shape index (κ2) is 7.00. The lowest BCUT2D eigenvalue weighted by Crippen LogP contribution is -2.40. The molecular formula is C20H21ClN4O. The van der Waals surface area contributed by atoms with Crippen molar-refractivity contribution in [1.29, 1.82) is 0 Å². The first-order valence-electron chi connectivity index (χ1n) is 8.86. The molecule has 0 bridgehead atoms. The molecule has 0 atom stereocenters. The number of carbonyl (C=O) groups is 1. The summed E-state index contributed by atoms with van der Waals surface area (Å²) in [6.45, 7) is 3.51. The number of fused-ring (bicyclic) bond motifs is 1. The molecule has 3 aromatic rings. The van der Waals surface area contributed by atoms with Crippen LogP contribution in [0.4, 0.5) is 10.5 Å². The second-order valence-corrected chi connectivity index (χ2v) is 7.28. The van der Waals surface area contributed by atoms with Gasteiger partial charge in [-0.15, -0.1) is 0 Å². The van der Waals surface area contributed by atoms with Crippen LogP contribution in [0.15, 0.2) is 42.5 Å². The van der Waals surface area contributed by atoms with Gasteiger partial charge >= 0.3 is 6.03 Å². The SMILES string of the molecule is Cc1ccc2nc(C3CCN(C(=O)Nc4cccc(Cl)c4)CC3)[nH]c2c1. The van der Waals surface area contributed by atoms with Crippen LogP contribution < -0.4 is 5.32 Å². The zero-order valence-electron chi connectivity index (χ0n) is 14.6. The van der Waals surface area contributed by atoms with Gasteiger partial charge in [-0.25, -0.2) is 9.78 Å². The number of benzene rings is 2. The van der Waals surface area contributed by atoms with Gasteiger partial charge in [0.2, 0.25) is 0 Å². The highest BCUT2D eigenvalue weighted by atomic mass is 35.5. The van der Waals surface area contributed by atoms with E-state index in [0.29, 0.717) is 24.0 Å². The summed E-state index contributed by atoms with van der Waals surface area (Å²) in [5, 5.41) is 3.53. The van der Waals surface area contributed by atoms with Crippen molar-refractivity contribution < 1.29 is 4.79 Å². The third-order valence-corrected chi connectivity index (χ3v) is 5.14. The molecule has 1 aliphatic rings. The van der Waals surface area contributed by atoms with Crippen molar-refractivity contribution in [1.82, 2.24) is 14.9 Å². The number of amides is 2. The van der Waals surface area contributed by atoms with E-state index in [1.165, 1.54) is 5.56 Å². The largest absolute Gasteiger partial charge is 0.342 e. The lowest BCUT2D eigenvalue weighted by molar-refractivity contribution is 0.193. The number of aryl methyl sites for hydroxylation is 1. The number of aromatic nitrogens is 2. The minimum atomic E-state index is -0.0778. The Morgan fingerprint density at radius 3 is 2.81 bits per heavy atom. The number of halogens is 1. The Hall–Kier alpha value is -2.53. The molecule has 0 spiro atoms. The zero-order valence-corrected chi connectivity index (χ0v) is 15.4. The molecule has 0 saturated carbocycles. The summed E-state index contributed by atoms with van der Waals surface area (Å²) in [6, 6.07) is 13.4. The van der Waals surface area contributed by atoms with E-state index in [4.69, 9.17) is 16.6 Å². The Balaban J connectivity index is 1.39. The highest BCUT2D eigenvalue weighted by Crippen LogP contribution is 2.28. The number of carbonyl (C=O) groups excluding carboxylic acids is 1. The molecule has 2 heterocycles. The smallest absolute Gasteiger partial charge is 0.321 e. The van der Waals surface area contributed by atoms with Gasteiger partial charge < -0.3 is 15.2 Å². The maximum absolute atomic E-state index is 12.4. The van der Waals surface area contributed by atoms with E-state index in [0.717, 1.165) is 35.4 Å². The highest BCUT2D eigenvalue weighted by molar-refractivity contribution is 6.30. The lowest BCUT2D eigenvalue weighted by atomic mass is 9.96. The number of urea groups is 1. The van der Waals surface area contributed by atoms with Crippen LogP contribution in [-0.4, -0.2) is 34.0 Å². The van der Waals surface area contributed by atoms with Gasteiger partial charge in [-0.05, 0) is 55.7 Å². The van der Waals surface area contributed by atoms with Gasteiger partial charge in [0.1, 0.15) is 5.82 Å². The van der Waals surface area contributed by atoms with Gasteiger partial charge in [-0.3, -0.25) is 0 Å². The summed E-state index contributed by atoms with van der Waals surface area (Å²) in [5.74, 6) is 1.39. The number of imidazole rings is 1. The second-order valence-electron chi connectivity index (χ2n) is 6.84. The predicted molar refractivity (Wildman–Crippen MR) is 105 cm³/mol. The highest BCUT2D eigenvalue weighted by Gasteiger charge is 2.25. The molecule has 2 aromatic carbocycles. The standard InChI is InChI=1S/C20H21ClN4O/c1-13-5-6-17-18(11-13)24-19(23-17)14-7-9-25(10-8-14)20(26)22-16-4-2-3-15(21)12-16/h2-6,11-12,14H,7-10H2,1H3,(H,22,26)(H,23,24). The van der Waals surface area contributed by atoms with E-state index in [1.807, 2.05) is 17.0 Å². The van der Waals surface area contributed by atoms with E-state index >= 15 is 0 Å². The Morgan fingerprint density at radius 2 is 2.04 bits per heavy atom. The number of H-pyrrole nitrogens is 1. The summed E-state index contributed by atoms with van der Waals surface area (Å²) < 4.78 is 0. The Kier molecular flexibility index (Phi) is 4.55. The summed E-state index contributed by atoms with van der Waals surface area (Å²) >= 11 is 5.97. The van der Waals surface area contributed by atoms with Gasteiger partial charge in [-0.2, -0.15) is 0 Å². The number of rotatable bonds is 2. The summed E-state index contributed by atoms with van der Waals surface area (Å²) in [4.78, 5) is 22.5. The van der Waals surface area contributed by atoms with Gasteiger partial charge in [-0.1, -0.05) is 23.7 Å². The molecule has 0 unspecified atom stereocenters. The van der Waals surface area contributed by atoms with E-state index in [2.05, 4.69) is 35.4 Å². The molecule has 1 fully saturated rings. The van der Waals surface area contributed by atoms with Crippen molar-refractivity contribution >= 4 is 34.4 Å². The lowest BCUT2D eigenvalue weighted by Gasteiger charge is -2.31. The van der Waals surface area contributed by atoms with Crippen LogP contribution in [0.2, 0.25) is 5.02 Å². The van der Waals surface area contributed by atoms with Gasteiger partial charge in [0, 0.05) is 29.7 Å². The third kappa shape index (κ3) is 3.53. The Bertz CT molecular complexity index is 944. The maximum Gasteiger partial charge on any atom is 0.321 e. The number of anilines is 1. The molecule has 134 valence electrons. The fraction of sp³-hybridized carbons (Fsp3) is 0.300. The zero-order chi connectivity index (χ0) is 18.1. The fourth-order valence-electron chi connectivity index (χ4n) is 3.46. The summed E-state index contributed by atoms with van der Waals surface area (Å²) in [6.07, 6.45) is 1.81. The molecule has 26 heavy (non-hydrogen) atoms. The molecule has 1 aliphatic heterocycles. The number of nitrogens with one attached hydrogen (secondary N) is 2. The molecule has 4 rings (SSSR count). The molecule has 0 aliphatic carbocycles. The van der Waals surface area contributed by atoms with Crippen LogP contribution in [0.5, 0.6) is 0 Å². The van der Waals surface area contributed by atoms with Crippen LogP contribution in [0.1, 0.15) is 30.1 Å². The third-order valence-electron chi connectivity index (χ3n) is 4.90. The number of likely N-dealkylation sites (tertiary alicyclic amines) is 1. The van der Waals surface area contributed by atoms with Crippen molar-refractivity contribution in [2.24, 2.45) is 0 Å². The van der Waals surface area contributed by atoms with Crippen LogP contribution in [0, 0.1) is 6.92 Å². The monoisotopic (exact) mass is 368 g/mol. The number of hydrogen-bond donors (Lipinski definition) is 2. The van der Waals surface area contributed by atoms with Crippen LogP contribution in [0.3, 0.4) is 0 Å². The van der Waals surface area contributed by atoms with Gasteiger partial charge in [0.15, 0.2) is 0 Å². The molecule has 0 radical (unpaired) electrons.